The molecule has 0 fully saturated rings. The summed E-state index contributed by atoms with van der Waals surface area (Å²) in [6.45, 7) is 2.07. The number of alkyl halides is 2. The zero-order valence-corrected chi connectivity index (χ0v) is 16.2. The maximum absolute atomic E-state index is 12.2. The van der Waals surface area contributed by atoms with Gasteiger partial charge < -0.3 is 19.0 Å². The number of carbonyl (C=O) groups is 1. The number of hydrogen-bond donors (Lipinski definition) is 1. The van der Waals surface area contributed by atoms with Gasteiger partial charge in [-0.05, 0) is 61.4 Å². The van der Waals surface area contributed by atoms with E-state index in [2.05, 4.69) is 14.6 Å². The highest BCUT2D eigenvalue weighted by Crippen LogP contribution is 2.19. The maximum Gasteiger partial charge on any atom is 0.387 e. The molecule has 2 aromatic heterocycles. The van der Waals surface area contributed by atoms with Gasteiger partial charge in [0.2, 0.25) is 5.91 Å². The minimum atomic E-state index is -2.85. The number of rotatable bonds is 8. The molecule has 3 aromatic rings. The number of aromatic nitrogens is 1. The van der Waals surface area contributed by atoms with Crippen LogP contribution in [0.5, 0.6) is 5.75 Å². The number of carbonyl (C=O) groups excluding carboxylic acids is 1. The zero-order chi connectivity index (χ0) is 20.8. The van der Waals surface area contributed by atoms with E-state index in [4.69, 9.17) is 4.42 Å². The summed E-state index contributed by atoms with van der Waals surface area (Å²) >= 11 is 0. The third-order valence-electron chi connectivity index (χ3n) is 4.54. The number of nitrogens with zero attached hydrogens (tertiary/aromatic N) is 1. The average molecular weight is 400 g/mol. The molecule has 0 bridgehead atoms. The van der Waals surface area contributed by atoms with Crippen LogP contribution in [0.15, 0.2) is 59.2 Å². The van der Waals surface area contributed by atoms with E-state index < -0.39 is 6.61 Å². The van der Waals surface area contributed by atoms with E-state index in [9.17, 15) is 13.6 Å². The monoisotopic (exact) mass is 400 g/mol. The van der Waals surface area contributed by atoms with Gasteiger partial charge in [-0.15, -0.1) is 0 Å². The van der Waals surface area contributed by atoms with Crippen molar-refractivity contribution in [2.24, 2.45) is 0 Å². The highest BCUT2D eigenvalue weighted by molar-refractivity contribution is 5.91. The van der Waals surface area contributed by atoms with Crippen molar-refractivity contribution in [1.82, 2.24) is 9.88 Å². The molecule has 5 nitrogen and oxygen atoms in total. The third kappa shape index (κ3) is 5.57. The van der Waals surface area contributed by atoms with Gasteiger partial charge >= 0.3 is 6.61 Å². The van der Waals surface area contributed by atoms with Gasteiger partial charge in [-0.1, -0.05) is 12.1 Å². The van der Waals surface area contributed by atoms with Crippen LogP contribution in [0, 0.1) is 13.8 Å². The number of amides is 1. The second-order valence-electron chi connectivity index (χ2n) is 6.57. The number of halogens is 2. The van der Waals surface area contributed by atoms with Crippen LogP contribution in [-0.2, 0) is 17.9 Å². The maximum atomic E-state index is 12.2. The highest BCUT2D eigenvalue weighted by atomic mass is 19.3. The van der Waals surface area contributed by atoms with E-state index >= 15 is 0 Å². The molecule has 29 heavy (non-hydrogen) atoms. The van der Waals surface area contributed by atoms with Gasteiger partial charge in [0.1, 0.15) is 11.5 Å². The summed E-state index contributed by atoms with van der Waals surface area (Å²) in [5.74, 6) is 0.707. The highest BCUT2D eigenvalue weighted by Gasteiger charge is 2.09. The van der Waals surface area contributed by atoms with Crippen LogP contribution in [0.2, 0.25) is 0 Å². The molecule has 1 aromatic carbocycles. The van der Waals surface area contributed by atoms with Crippen LogP contribution in [0.4, 0.5) is 8.78 Å². The van der Waals surface area contributed by atoms with Crippen molar-refractivity contribution in [3.8, 4) is 5.75 Å². The molecule has 3 rings (SSSR count). The Balaban J connectivity index is 1.56. The summed E-state index contributed by atoms with van der Waals surface area (Å²) in [4.78, 5) is 12.1. The summed E-state index contributed by atoms with van der Waals surface area (Å²) in [7, 11) is 0. The van der Waals surface area contributed by atoms with Gasteiger partial charge in [-0.25, -0.2) is 0 Å². The molecule has 0 aliphatic carbocycles. The minimum absolute atomic E-state index is 0.0832. The first-order chi connectivity index (χ1) is 13.9. The van der Waals surface area contributed by atoms with Crippen molar-refractivity contribution in [3.63, 3.8) is 0 Å². The SMILES string of the molecule is Cc1cc(/C=C/C(=O)NCc2ccc(OC(F)F)cc2)c(C)n1Cc1ccco1. The van der Waals surface area contributed by atoms with Crippen LogP contribution >= 0.6 is 0 Å². The van der Waals surface area contributed by atoms with E-state index in [1.807, 2.05) is 32.0 Å². The topological polar surface area (TPSA) is 56.4 Å². The molecule has 152 valence electrons. The summed E-state index contributed by atoms with van der Waals surface area (Å²) in [6.07, 6.45) is 4.90. The molecule has 0 spiro atoms. The Morgan fingerprint density at radius 1 is 1.24 bits per heavy atom. The first-order valence-corrected chi connectivity index (χ1v) is 9.11. The lowest BCUT2D eigenvalue weighted by molar-refractivity contribution is -0.116. The molecule has 7 heteroatoms. The van der Waals surface area contributed by atoms with E-state index in [-0.39, 0.29) is 18.2 Å². The average Bonchev–Trinajstić information content (AvgIpc) is 3.29. The normalized spacial score (nSPS) is 11.3. The summed E-state index contributed by atoms with van der Waals surface area (Å²) in [5, 5.41) is 2.77. The molecule has 0 unspecified atom stereocenters. The Morgan fingerprint density at radius 3 is 2.66 bits per heavy atom. The van der Waals surface area contributed by atoms with Gasteiger partial charge in [0.05, 0.1) is 12.8 Å². The fraction of sp³-hybridized carbons (Fsp3) is 0.227. The van der Waals surface area contributed by atoms with Gasteiger partial charge in [0, 0.05) is 24.0 Å². The molecule has 0 radical (unpaired) electrons. The smallest absolute Gasteiger partial charge is 0.387 e. The minimum Gasteiger partial charge on any atom is -0.467 e. The van der Waals surface area contributed by atoms with Gasteiger partial charge in [-0.3, -0.25) is 4.79 Å². The number of aryl methyl sites for hydroxylation is 1. The lowest BCUT2D eigenvalue weighted by Crippen LogP contribution is -2.20. The fourth-order valence-electron chi connectivity index (χ4n) is 3.00. The van der Waals surface area contributed by atoms with E-state index in [1.165, 1.54) is 18.2 Å². The molecule has 0 saturated heterocycles. The van der Waals surface area contributed by atoms with Crippen LogP contribution in [-0.4, -0.2) is 17.1 Å². The lowest BCUT2D eigenvalue weighted by atomic mass is 10.2. The van der Waals surface area contributed by atoms with Crippen molar-refractivity contribution in [3.05, 3.63) is 83.1 Å². The largest absolute Gasteiger partial charge is 0.467 e. The van der Waals surface area contributed by atoms with Crippen LogP contribution in [0.1, 0.15) is 28.3 Å². The number of benzene rings is 1. The summed E-state index contributed by atoms with van der Waals surface area (Å²) in [5.41, 5.74) is 3.85. The molecule has 2 heterocycles. The number of hydrogen-bond acceptors (Lipinski definition) is 3. The molecule has 0 aliphatic heterocycles. The van der Waals surface area contributed by atoms with Crippen molar-refractivity contribution in [1.29, 1.82) is 0 Å². The molecule has 1 N–H and O–H groups in total. The molecular weight excluding hydrogens is 378 g/mol. The van der Waals surface area contributed by atoms with E-state index in [0.29, 0.717) is 6.54 Å². The zero-order valence-electron chi connectivity index (χ0n) is 16.2. The number of furan rings is 1. The predicted molar refractivity (Wildman–Crippen MR) is 106 cm³/mol. The Bertz CT molecular complexity index is 974. The Labute approximate surface area is 167 Å². The third-order valence-corrected chi connectivity index (χ3v) is 4.54. The van der Waals surface area contributed by atoms with E-state index in [1.54, 1.807) is 24.5 Å². The predicted octanol–water partition coefficient (Wildman–Crippen LogP) is 4.68. The van der Waals surface area contributed by atoms with Crippen molar-refractivity contribution < 1.29 is 22.7 Å². The van der Waals surface area contributed by atoms with Crippen LogP contribution < -0.4 is 10.1 Å². The standard InChI is InChI=1S/C22H22F2N2O3/c1-15-12-18(16(2)26(15)14-20-4-3-11-28-20)7-10-21(27)25-13-17-5-8-19(9-6-17)29-22(23)24/h3-12,22H,13-14H2,1-2H3,(H,25,27)/b10-7+. The number of nitrogens with one attached hydrogen (secondary N) is 1. The molecule has 0 saturated carbocycles. The first-order valence-electron chi connectivity index (χ1n) is 9.11. The van der Waals surface area contributed by atoms with Gasteiger partial charge in [-0.2, -0.15) is 8.78 Å². The summed E-state index contributed by atoms with van der Waals surface area (Å²) < 4.78 is 36.1. The molecular formula is C22H22F2N2O3. The van der Waals surface area contributed by atoms with Crippen molar-refractivity contribution >= 4 is 12.0 Å². The second kappa shape index (κ2) is 9.23. The molecule has 0 atom stereocenters. The second-order valence-corrected chi connectivity index (χ2v) is 6.57. The lowest BCUT2D eigenvalue weighted by Gasteiger charge is -2.07. The summed E-state index contributed by atoms with van der Waals surface area (Å²) in [6, 6.07) is 11.9. The van der Waals surface area contributed by atoms with Gasteiger partial charge in [0.25, 0.3) is 0 Å². The van der Waals surface area contributed by atoms with Crippen molar-refractivity contribution in [2.75, 3.05) is 0 Å². The Kier molecular flexibility index (Phi) is 6.49. The Morgan fingerprint density at radius 2 is 2.00 bits per heavy atom. The van der Waals surface area contributed by atoms with Crippen molar-refractivity contribution in [2.45, 2.75) is 33.5 Å². The Hall–Kier alpha value is -3.35. The van der Waals surface area contributed by atoms with Crippen LogP contribution in [0.25, 0.3) is 6.08 Å². The molecule has 0 aliphatic rings. The van der Waals surface area contributed by atoms with Crippen LogP contribution in [0.3, 0.4) is 0 Å². The fourth-order valence-corrected chi connectivity index (χ4v) is 3.00. The van der Waals surface area contributed by atoms with E-state index in [0.717, 1.165) is 28.3 Å². The number of ether oxygens (including phenoxy) is 1. The quantitative estimate of drug-likeness (QED) is 0.559. The van der Waals surface area contributed by atoms with Gasteiger partial charge in [0.15, 0.2) is 0 Å². The first kappa shape index (κ1) is 20.4. The molecule has 1 amide bonds.